The zero-order valence-corrected chi connectivity index (χ0v) is 21.1. The second kappa shape index (κ2) is 12.1. The zero-order chi connectivity index (χ0) is 29.9. The molecule has 0 radical (unpaired) electrons. The van der Waals surface area contributed by atoms with E-state index in [0.29, 0.717) is 5.32 Å². The van der Waals surface area contributed by atoms with Crippen molar-refractivity contribution in [3.63, 3.8) is 0 Å². The van der Waals surface area contributed by atoms with Gasteiger partial charge in [-0.25, -0.2) is 0 Å². The van der Waals surface area contributed by atoms with Crippen LogP contribution in [-0.2, 0) is 4.79 Å². The number of alkyl halides is 9. The minimum Gasteiger partial charge on any atom is -0.332 e. The van der Waals surface area contributed by atoms with Gasteiger partial charge < -0.3 is 10.6 Å². The summed E-state index contributed by atoms with van der Waals surface area (Å²) < 4.78 is 117. The van der Waals surface area contributed by atoms with E-state index in [0.717, 1.165) is 36.4 Å². The average Bonchev–Trinajstić information content (AvgIpc) is 2.78. The SMILES string of the molecule is C=C(NC(=O)c1ccc(C=CC(c2cc(Cl)c(Cl)c(Cl)c2)C(F)(F)F)cc1)C(=O)NC(C(F)(F)F)C(F)(F)F. The summed E-state index contributed by atoms with van der Waals surface area (Å²) in [7, 11) is 0. The molecule has 2 rings (SSSR count). The summed E-state index contributed by atoms with van der Waals surface area (Å²) in [6.07, 6.45) is -14.6. The Kier molecular flexibility index (Phi) is 10.0. The van der Waals surface area contributed by atoms with Gasteiger partial charge in [0, 0.05) is 5.56 Å². The van der Waals surface area contributed by atoms with Gasteiger partial charge in [0.15, 0.2) is 0 Å². The molecule has 1 unspecified atom stereocenters. The fourth-order valence-electron chi connectivity index (χ4n) is 2.95. The van der Waals surface area contributed by atoms with Crippen LogP contribution in [0.4, 0.5) is 39.5 Å². The highest BCUT2D eigenvalue weighted by Gasteiger charge is 2.57. The number of carbonyl (C=O) groups excluding carboxylic acids is 2. The predicted molar refractivity (Wildman–Crippen MR) is 126 cm³/mol. The molecule has 0 fully saturated rings. The molecule has 0 saturated heterocycles. The van der Waals surface area contributed by atoms with Crippen molar-refractivity contribution in [1.82, 2.24) is 10.6 Å². The zero-order valence-electron chi connectivity index (χ0n) is 18.8. The number of amides is 2. The third kappa shape index (κ3) is 8.80. The maximum atomic E-state index is 13.6. The maximum absolute atomic E-state index is 13.6. The molecule has 2 N–H and O–H groups in total. The molecule has 0 aliphatic rings. The van der Waals surface area contributed by atoms with Crippen molar-refractivity contribution in [3.8, 4) is 0 Å². The van der Waals surface area contributed by atoms with Crippen LogP contribution in [0.15, 0.2) is 54.8 Å². The molecule has 0 aliphatic heterocycles. The molecule has 0 aliphatic carbocycles. The van der Waals surface area contributed by atoms with Gasteiger partial charge in [-0.15, -0.1) is 0 Å². The number of hydrogen-bond acceptors (Lipinski definition) is 2. The number of halogens is 12. The Morgan fingerprint density at radius 2 is 1.31 bits per heavy atom. The van der Waals surface area contributed by atoms with Gasteiger partial charge in [-0.05, 0) is 35.4 Å². The number of carbonyl (C=O) groups is 2. The molecule has 0 bridgehead atoms. The van der Waals surface area contributed by atoms with E-state index in [9.17, 15) is 49.1 Å². The first-order valence-corrected chi connectivity index (χ1v) is 11.3. The molecule has 2 aromatic rings. The topological polar surface area (TPSA) is 58.2 Å². The van der Waals surface area contributed by atoms with E-state index in [1.807, 2.05) is 0 Å². The lowest BCUT2D eigenvalue weighted by Gasteiger charge is -2.24. The quantitative estimate of drug-likeness (QED) is 0.187. The van der Waals surface area contributed by atoms with Gasteiger partial charge in [0.2, 0.25) is 6.04 Å². The molecule has 16 heteroatoms. The number of hydrogen-bond donors (Lipinski definition) is 2. The van der Waals surface area contributed by atoms with Crippen molar-refractivity contribution in [2.45, 2.75) is 30.5 Å². The van der Waals surface area contributed by atoms with E-state index in [-0.39, 0.29) is 31.8 Å². The van der Waals surface area contributed by atoms with Gasteiger partial charge in [-0.1, -0.05) is 65.7 Å². The summed E-state index contributed by atoms with van der Waals surface area (Å²) in [5, 5.41) is 1.93. The van der Waals surface area contributed by atoms with Crippen molar-refractivity contribution in [2.24, 2.45) is 0 Å². The van der Waals surface area contributed by atoms with E-state index >= 15 is 0 Å². The third-order valence-electron chi connectivity index (χ3n) is 4.84. The molecule has 2 amide bonds. The van der Waals surface area contributed by atoms with Crippen LogP contribution in [0.1, 0.15) is 27.4 Å². The molecule has 1 atom stereocenters. The van der Waals surface area contributed by atoms with Gasteiger partial charge in [0.05, 0.1) is 26.7 Å². The van der Waals surface area contributed by atoms with Crippen LogP contribution in [0, 0.1) is 0 Å². The van der Waals surface area contributed by atoms with E-state index < -0.39 is 48.0 Å². The normalized spacial score (nSPS) is 13.5. The minimum absolute atomic E-state index is 0.124. The largest absolute Gasteiger partial charge is 0.417 e. The highest BCUT2D eigenvalue weighted by atomic mass is 35.5. The summed E-state index contributed by atoms with van der Waals surface area (Å²) >= 11 is 17.4. The maximum Gasteiger partial charge on any atom is 0.417 e. The Labute approximate surface area is 229 Å². The van der Waals surface area contributed by atoms with E-state index in [4.69, 9.17) is 34.8 Å². The molecule has 0 spiro atoms. The number of rotatable bonds is 7. The fraction of sp³-hybridized carbons (Fsp3) is 0.217. The molecule has 39 heavy (non-hydrogen) atoms. The first kappa shape index (κ1) is 32.3. The van der Waals surface area contributed by atoms with Crippen LogP contribution < -0.4 is 10.6 Å². The Morgan fingerprint density at radius 1 is 0.821 bits per heavy atom. The van der Waals surface area contributed by atoms with Crippen LogP contribution in [0.25, 0.3) is 6.08 Å². The molecule has 212 valence electrons. The smallest absolute Gasteiger partial charge is 0.332 e. The van der Waals surface area contributed by atoms with Crippen LogP contribution in [0.3, 0.4) is 0 Å². The van der Waals surface area contributed by atoms with Gasteiger partial charge in [0.25, 0.3) is 11.8 Å². The molecule has 0 heterocycles. The lowest BCUT2D eigenvalue weighted by atomic mass is 9.97. The van der Waals surface area contributed by atoms with E-state index in [1.165, 1.54) is 12.1 Å². The summed E-state index contributed by atoms with van der Waals surface area (Å²) in [5.74, 6) is -5.23. The standard InChI is InChI=1S/C23H14Cl3F9N2O2/c1-10(18(38)37-20(22(30,31)32)23(33,34)35)36-19(39)12-5-2-11(3-6-12)4-7-14(21(27,28)29)13-8-15(24)17(26)16(25)9-13/h2-9,14,20H,1H2,(H,36,39)(H,37,38). The van der Waals surface area contributed by atoms with Crippen LogP contribution in [0.5, 0.6) is 0 Å². The second-order valence-corrected chi connectivity index (χ2v) is 8.91. The molecule has 4 nitrogen and oxygen atoms in total. The molecular formula is C23H14Cl3F9N2O2. The van der Waals surface area contributed by atoms with Gasteiger partial charge >= 0.3 is 18.5 Å². The Morgan fingerprint density at radius 3 is 1.74 bits per heavy atom. The first-order chi connectivity index (χ1) is 17.7. The van der Waals surface area contributed by atoms with Crippen molar-refractivity contribution < 1.29 is 49.1 Å². The molecule has 2 aromatic carbocycles. The van der Waals surface area contributed by atoms with Crippen molar-refractivity contribution in [1.29, 1.82) is 0 Å². The highest BCUT2D eigenvalue weighted by molar-refractivity contribution is 6.48. The fourth-order valence-corrected chi connectivity index (χ4v) is 3.56. The third-order valence-corrected chi connectivity index (χ3v) is 6.04. The summed E-state index contributed by atoms with van der Waals surface area (Å²) in [4.78, 5) is 24.0. The Hall–Kier alpha value is -2.90. The summed E-state index contributed by atoms with van der Waals surface area (Å²) in [6.45, 7) is 2.95. The van der Waals surface area contributed by atoms with Crippen LogP contribution in [-0.4, -0.2) is 36.4 Å². The van der Waals surface area contributed by atoms with E-state index in [2.05, 4.69) is 6.58 Å². The van der Waals surface area contributed by atoms with Gasteiger partial charge in [0.1, 0.15) is 0 Å². The van der Waals surface area contributed by atoms with Crippen molar-refractivity contribution in [3.05, 3.63) is 86.5 Å². The molecule has 0 saturated carbocycles. The Bertz CT molecular complexity index is 1230. The van der Waals surface area contributed by atoms with Crippen molar-refractivity contribution >= 4 is 52.7 Å². The van der Waals surface area contributed by atoms with E-state index in [1.54, 1.807) is 5.32 Å². The summed E-state index contributed by atoms with van der Waals surface area (Å²) in [5.41, 5.74) is -1.49. The second-order valence-electron chi connectivity index (χ2n) is 7.72. The predicted octanol–water partition coefficient (Wildman–Crippen LogP) is 7.86. The lowest BCUT2D eigenvalue weighted by molar-refractivity contribution is -0.257. The number of allylic oxidation sites excluding steroid dienone is 1. The molecular weight excluding hydrogens is 614 g/mol. The van der Waals surface area contributed by atoms with Crippen LogP contribution in [0.2, 0.25) is 15.1 Å². The monoisotopic (exact) mass is 626 g/mol. The average molecular weight is 628 g/mol. The number of benzene rings is 2. The number of nitrogens with one attached hydrogen (secondary N) is 2. The van der Waals surface area contributed by atoms with Crippen molar-refractivity contribution in [2.75, 3.05) is 0 Å². The highest BCUT2D eigenvalue weighted by Crippen LogP contribution is 2.41. The lowest BCUT2D eigenvalue weighted by Crippen LogP contribution is -2.55. The summed E-state index contributed by atoms with van der Waals surface area (Å²) in [6, 6.07) is 2.33. The molecule has 0 aromatic heterocycles. The first-order valence-electron chi connectivity index (χ1n) is 10.2. The van der Waals surface area contributed by atoms with Gasteiger partial charge in [-0.2, -0.15) is 39.5 Å². The van der Waals surface area contributed by atoms with Crippen LogP contribution >= 0.6 is 34.8 Å². The Balaban J connectivity index is 2.15. The minimum atomic E-state index is -5.86. The van der Waals surface area contributed by atoms with Gasteiger partial charge in [-0.3, -0.25) is 9.59 Å².